The molecule has 4 nitrogen and oxygen atoms in total. The summed E-state index contributed by atoms with van der Waals surface area (Å²) in [5.74, 6) is -1.25. The summed E-state index contributed by atoms with van der Waals surface area (Å²) in [6, 6.07) is 0.832. The van der Waals surface area contributed by atoms with Gasteiger partial charge in [0.25, 0.3) is 0 Å². The lowest BCUT2D eigenvalue weighted by atomic mass is 10.4. The van der Waals surface area contributed by atoms with Gasteiger partial charge >= 0.3 is 0 Å². The summed E-state index contributed by atoms with van der Waals surface area (Å²) in [5, 5.41) is 5.46. The highest BCUT2D eigenvalue weighted by Crippen LogP contribution is 2.18. The molecule has 0 aliphatic rings. The molecule has 0 fully saturated rings. The van der Waals surface area contributed by atoms with Crippen molar-refractivity contribution in [1.29, 1.82) is 0 Å². The normalized spacial score (nSPS) is 10.8. The number of aromatic nitrogens is 1. The summed E-state index contributed by atoms with van der Waals surface area (Å²) in [4.78, 5) is 6.05. The topological polar surface area (TPSA) is 40.2 Å². The number of hydrogen-bond donors (Lipinski definition) is 2. The number of halogens is 2. The van der Waals surface area contributed by atoms with E-state index in [1.807, 2.05) is 0 Å². The fourth-order valence-corrected chi connectivity index (χ4v) is 1.64. The third kappa shape index (κ3) is 3.80. The smallest absolute Gasteiger partial charge is 0.168 e. The number of nitrogens with zero attached hydrogens (tertiary/aromatic N) is 2. The van der Waals surface area contributed by atoms with Crippen LogP contribution in [0.25, 0.3) is 0 Å². The summed E-state index contributed by atoms with van der Waals surface area (Å²) in [6.07, 6.45) is 0. The Balaban J connectivity index is 2.61. The monoisotopic (exact) mass is 258 g/mol. The molecule has 0 unspecified atom stereocenters. The molecule has 0 spiro atoms. The van der Waals surface area contributed by atoms with Crippen LogP contribution < -0.4 is 10.6 Å². The average Bonchev–Trinajstić information content (AvgIpc) is 2.37. The maximum absolute atomic E-state index is 13.4. The standard InChI is InChI=1S/C12H20F2N4/c1-4-18(5-2)7-6-16-12-10(14)8-9(13)11(15-3)17-12/h8H,4-7H2,1-3H3,(H2,15,16,17). The Labute approximate surface area is 106 Å². The first-order chi connectivity index (χ1) is 8.62. The molecule has 0 amide bonds. The number of hydrogen-bond acceptors (Lipinski definition) is 4. The van der Waals surface area contributed by atoms with Crippen molar-refractivity contribution < 1.29 is 8.78 Å². The van der Waals surface area contributed by atoms with Gasteiger partial charge in [-0.25, -0.2) is 13.8 Å². The third-order valence-corrected chi connectivity index (χ3v) is 2.78. The first kappa shape index (κ1) is 14.6. The van der Waals surface area contributed by atoms with E-state index in [4.69, 9.17) is 0 Å². The molecular formula is C12H20F2N4. The van der Waals surface area contributed by atoms with E-state index in [0.29, 0.717) is 6.54 Å². The molecule has 2 N–H and O–H groups in total. The zero-order valence-electron chi connectivity index (χ0n) is 11.1. The van der Waals surface area contributed by atoms with E-state index in [-0.39, 0.29) is 11.6 Å². The quantitative estimate of drug-likeness (QED) is 0.786. The van der Waals surface area contributed by atoms with Crippen molar-refractivity contribution in [2.45, 2.75) is 13.8 Å². The minimum atomic E-state index is -0.690. The minimum absolute atomic E-state index is 0.0433. The van der Waals surface area contributed by atoms with Crippen molar-refractivity contribution in [2.24, 2.45) is 0 Å². The second-order valence-corrected chi connectivity index (χ2v) is 3.85. The van der Waals surface area contributed by atoms with Gasteiger partial charge in [0.05, 0.1) is 0 Å². The van der Waals surface area contributed by atoms with Crippen LogP contribution in [-0.4, -0.2) is 43.1 Å². The van der Waals surface area contributed by atoms with E-state index in [9.17, 15) is 8.78 Å². The number of nitrogens with one attached hydrogen (secondary N) is 2. The molecular weight excluding hydrogens is 238 g/mol. The predicted octanol–water partition coefficient (Wildman–Crippen LogP) is 2.16. The molecule has 0 radical (unpaired) electrons. The second-order valence-electron chi connectivity index (χ2n) is 3.85. The SMILES string of the molecule is CCN(CC)CCNc1nc(NC)c(F)cc1F. The van der Waals surface area contributed by atoms with Crippen LogP contribution in [0.1, 0.15) is 13.8 Å². The Hall–Kier alpha value is -1.43. The number of pyridine rings is 1. The second kappa shape index (κ2) is 7.10. The lowest BCUT2D eigenvalue weighted by Crippen LogP contribution is -2.29. The Morgan fingerprint density at radius 2 is 1.78 bits per heavy atom. The van der Waals surface area contributed by atoms with E-state index in [1.54, 1.807) is 7.05 Å². The molecule has 0 atom stereocenters. The highest BCUT2D eigenvalue weighted by atomic mass is 19.1. The highest BCUT2D eigenvalue weighted by molar-refractivity contribution is 5.47. The van der Waals surface area contributed by atoms with Gasteiger partial charge in [-0.2, -0.15) is 0 Å². The van der Waals surface area contributed by atoms with Crippen LogP contribution in [0.4, 0.5) is 20.4 Å². The molecule has 0 saturated carbocycles. The van der Waals surface area contributed by atoms with E-state index >= 15 is 0 Å². The van der Waals surface area contributed by atoms with Crippen LogP contribution in [0.15, 0.2) is 6.07 Å². The zero-order valence-corrected chi connectivity index (χ0v) is 11.1. The first-order valence-electron chi connectivity index (χ1n) is 6.12. The molecule has 6 heteroatoms. The Kier molecular flexibility index (Phi) is 5.77. The molecule has 1 rings (SSSR count). The lowest BCUT2D eigenvalue weighted by Gasteiger charge is -2.18. The highest BCUT2D eigenvalue weighted by Gasteiger charge is 2.10. The summed E-state index contributed by atoms with van der Waals surface area (Å²) >= 11 is 0. The van der Waals surface area contributed by atoms with Crippen molar-refractivity contribution in [2.75, 3.05) is 43.9 Å². The molecule has 1 heterocycles. The summed E-state index contributed by atoms with van der Waals surface area (Å²) in [7, 11) is 1.54. The van der Waals surface area contributed by atoms with Gasteiger partial charge in [-0.1, -0.05) is 13.8 Å². The first-order valence-corrected chi connectivity index (χ1v) is 6.12. The van der Waals surface area contributed by atoms with E-state index < -0.39 is 11.6 Å². The molecule has 1 aromatic rings. The van der Waals surface area contributed by atoms with Crippen LogP contribution in [0.3, 0.4) is 0 Å². The Morgan fingerprint density at radius 1 is 1.17 bits per heavy atom. The fourth-order valence-electron chi connectivity index (χ4n) is 1.64. The van der Waals surface area contributed by atoms with Crippen LogP contribution in [-0.2, 0) is 0 Å². The molecule has 0 saturated heterocycles. The van der Waals surface area contributed by atoms with Crippen LogP contribution in [0.5, 0.6) is 0 Å². The van der Waals surface area contributed by atoms with Crippen LogP contribution in [0, 0.1) is 11.6 Å². The van der Waals surface area contributed by atoms with Crippen molar-refractivity contribution in [1.82, 2.24) is 9.88 Å². The van der Waals surface area contributed by atoms with Gasteiger partial charge < -0.3 is 15.5 Å². The van der Waals surface area contributed by atoms with E-state index in [2.05, 4.69) is 34.4 Å². The molecule has 18 heavy (non-hydrogen) atoms. The zero-order chi connectivity index (χ0) is 13.5. The van der Waals surface area contributed by atoms with Crippen LogP contribution in [0.2, 0.25) is 0 Å². The van der Waals surface area contributed by atoms with Crippen molar-refractivity contribution >= 4 is 11.6 Å². The van der Waals surface area contributed by atoms with Gasteiger partial charge in [-0.05, 0) is 13.1 Å². The molecule has 0 aliphatic carbocycles. The molecule has 1 aromatic heterocycles. The van der Waals surface area contributed by atoms with Gasteiger partial charge in [-0.3, -0.25) is 0 Å². The summed E-state index contributed by atoms with van der Waals surface area (Å²) < 4.78 is 26.6. The maximum Gasteiger partial charge on any atom is 0.168 e. The third-order valence-electron chi connectivity index (χ3n) is 2.78. The minimum Gasteiger partial charge on any atom is -0.371 e. The van der Waals surface area contributed by atoms with Crippen molar-refractivity contribution in [3.63, 3.8) is 0 Å². The number of likely N-dealkylation sites (N-methyl/N-ethyl adjacent to an activating group) is 1. The molecule has 0 aliphatic heterocycles. The van der Waals surface area contributed by atoms with Gasteiger partial charge in [-0.15, -0.1) is 0 Å². The molecule has 0 bridgehead atoms. The molecule has 102 valence electrons. The van der Waals surface area contributed by atoms with Gasteiger partial charge in [0.2, 0.25) is 0 Å². The lowest BCUT2D eigenvalue weighted by molar-refractivity contribution is 0.315. The maximum atomic E-state index is 13.4. The Bertz CT molecular complexity index is 381. The largest absolute Gasteiger partial charge is 0.371 e. The fraction of sp³-hybridized carbons (Fsp3) is 0.583. The van der Waals surface area contributed by atoms with Gasteiger partial charge in [0, 0.05) is 26.2 Å². The van der Waals surface area contributed by atoms with Gasteiger partial charge in [0.1, 0.15) is 0 Å². The van der Waals surface area contributed by atoms with Gasteiger partial charge in [0.15, 0.2) is 23.3 Å². The number of rotatable bonds is 7. The van der Waals surface area contributed by atoms with Crippen molar-refractivity contribution in [3.8, 4) is 0 Å². The van der Waals surface area contributed by atoms with E-state index in [1.165, 1.54) is 0 Å². The number of anilines is 2. The van der Waals surface area contributed by atoms with Crippen molar-refractivity contribution in [3.05, 3.63) is 17.7 Å². The predicted molar refractivity (Wildman–Crippen MR) is 70.0 cm³/mol. The average molecular weight is 258 g/mol. The summed E-state index contributed by atoms with van der Waals surface area (Å²) in [6.45, 7) is 7.39. The summed E-state index contributed by atoms with van der Waals surface area (Å²) in [5.41, 5.74) is 0. The van der Waals surface area contributed by atoms with E-state index in [0.717, 1.165) is 25.7 Å². The molecule has 0 aromatic carbocycles. The van der Waals surface area contributed by atoms with Crippen LogP contribution >= 0.6 is 0 Å². The Morgan fingerprint density at radius 3 is 2.33 bits per heavy atom.